The van der Waals surface area contributed by atoms with Crippen LogP contribution in [0.2, 0.25) is 0 Å². The van der Waals surface area contributed by atoms with Crippen LogP contribution in [0.5, 0.6) is 0 Å². The Bertz CT molecular complexity index is 373. The highest BCUT2D eigenvalue weighted by Gasteiger charge is 2.46. The van der Waals surface area contributed by atoms with Crippen LogP contribution in [-0.4, -0.2) is 12.1 Å². The molecule has 1 fully saturated rings. The highest BCUT2D eigenvalue weighted by atomic mass is 19.1. The van der Waals surface area contributed by atoms with Gasteiger partial charge in [-0.25, -0.2) is 4.39 Å². The maximum absolute atomic E-state index is 13.2. The number of hydrogen-bond acceptors (Lipinski definition) is 1. The molecule has 82 valence electrons. The summed E-state index contributed by atoms with van der Waals surface area (Å²) < 4.78 is 13.2. The maximum Gasteiger partial charge on any atom is 0.123 e. The molecule has 1 N–H and O–H groups in total. The van der Waals surface area contributed by atoms with Crippen molar-refractivity contribution in [2.45, 2.75) is 38.1 Å². The molecule has 1 aromatic carbocycles. The van der Waals surface area contributed by atoms with Crippen molar-refractivity contribution < 1.29 is 4.39 Å². The average Bonchev–Trinajstić information content (AvgIpc) is 2.43. The molecular weight excluding hydrogens is 189 g/mol. The molecule has 15 heavy (non-hydrogen) atoms. The van der Waals surface area contributed by atoms with Crippen LogP contribution in [0.25, 0.3) is 0 Å². The Hall–Kier alpha value is -0.890. The Kier molecular flexibility index (Phi) is 2.34. The molecule has 2 heteroatoms. The van der Waals surface area contributed by atoms with Gasteiger partial charge in [0.05, 0.1) is 0 Å². The predicted molar refractivity (Wildman–Crippen MR) is 60.5 cm³/mol. The summed E-state index contributed by atoms with van der Waals surface area (Å²) in [6.45, 7) is 7.58. The zero-order valence-electron chi connectivity index (χ0n) is 9.60. The highest BCUT2D eigenvalue weighted by Crippen LogP contribution is 2.41. The Morgan fingerprint density at radius 3 is 2.53 bits per heavy atom. The van der Waals surface area contributed by atoms with Gasteiger partial charge in [-0.2, -0.15) is 0 Å². The summed E-state index contributed by atoms with van der Waals surface area (Å²) in [5.41, 5.74) is 1.15. The Labute approximate surface area is 90.7 Å². The average molecular weight is 207 g/mol. The van der Waals surface area contributed by atoms with Crippen molar-refractivity contribution >= 4 is 0 Å². The smallest absolute Gasteiger partial charge is 0.123 e. The third kappa shape index (κ3) is 1.57. The molecule has 1 atom stereocenters. The van der Waals surface area contributed by atoms with Crippen LogP contribution in [0.3, 0.4) is 0 Å². The second-order valence-electron chi connectivity index (χ2n) is 5.14. The van der Waals surface area contributed by atoms with Crippen LogP contribution in [-0.2, 0) is 5.41 Å². The first kappa shape index (κ1) is 10.6. The molecule has 0 radical (unpaired) electrons. The molecule has 0 amide bonds. The number of nitrogens with one attached hydrogen (secondary N) is 1. The molecule has 0 aliphatic carbocycles. The quantitative estimate of drug-likeness (QED) is 0.746. The lowest BCUT2D eigenvalue weighted by Gasteiger charge is -2.38. The SMILES string of the molecule is CC1(C)NCCC1(C)c1cccc(F)c1. The van der Waals surface area contributed by atoms with Gasteiger partial charge >= 0.3 is 0 Å². The van der Waals surface area contributed by atoms with Gasteiger partial charge in [-0.3, -0.25) is 0 Å². The van der Waals surface area contributed by atoms with Crippen LogP contribution in [0.1, 0.15) is 32.8 Å². The van der Waals surface area contributed by atoms with Crippen LogP contribution < -0.4 is 5.32 Å². The zero-order valence-corrected chi connectivity index (χ0v) is 9.60. The molecule has 1 nitrogen and oxygen atoms in total. The van der Waals surface area contributed by atoms with Crippen molar-refractivity contribution in [3.8, 4) is 0 Å². The summed E-state index contributed by atoms with van der Waals surface area (Å²) in [5.74, 6) is -0.142. The topological polar surface area (TPSA) is 12.0 Å². The van der Waals surface area contributed by atoms with E-state index < -0.39 is 0 Å². The van der Waals surface area contributed by atoms with E-state index in [1.165, 1.54) is 6.07 Å². The zero-order chi connectivity index (χ0) is 11.1. The second kappa shape index (κ2) is 3.31. The van der Waals surface area contributed by atoms with Gasteiger partial charge in [0.25, 0.3) is 0 Å². The fourth-order valence-corrected chi connectivity index (χ4v) is 2.47. The van der Waals surface area contributed by atoms with E-state index in [-0.39, 0.29) is 16.8 Å². The van der Waals surface area contributed by atoms with Gasteiger partial charge in [0, 0.05) is 11.0 Å². The van der Waals surface area contributed by atoms with E-state index in [2.05, 4.69) is 26.1 Å². The molecule has 1 heterocycles. The summed E-state index contributed by atoms with van der Waals surface area (Å²) in [6, 6.07) is 6.99. The molecule has 1 saturated heterocycles. The Morgan fingerprint density at radius 2 is 2.00 bits per heavy atom. The normalized spacial score (nSPS) is 29.3. The summed E-state index contributed by atoms with van der Waals surface area (Å²) in [4.78, 5) is 0. The molecule has 1 unspecified atom stereocenters. The minimum atomic E-state index is -0.142. The lowest BCUT2D eigenvalue weighted by Crippen LogP contribution is -2.47. The third-order valence-electron chi connectivity index (χ3n) is 4.03. The lowest BCUT2D eigenvalue weighted by molar-refractivity contribution is 0.296. The van der Waals surface area contributed by atoms with E-state index >= 15 is 0 Å². The van der Waals surface area contributed by atoms with Crippen LogP contribution in [0, 0.1) is 5.82 Å². The molecule has 1 aliphatic rings. The third-order valence-corrected chi connectivity index (χ3v) is 4.03. The first-order valence-corrected chi connectivity index (χ1v) is 5.47. The van der Waals surface area contributed by atoms with Gasteiger partial charge < -0.3 is 5.32 Å². The summed E-state index contributed by atoms with van der Waals surface area (Å²) in [5, 5.41) is 3.48. The fourth-order valence-electron chi connectivity index (χ4n) is 2.47. The number of rotatable bonds is 1. The monoisotopic (exact) mass is 207 g/mol. The lowest BCUT2D eigenvalue weighted by atomic mass is 9.69. The fraction of sp³-hybridized carbons (Fsp3) is 0.538. The van der Waals surface area contributed by atoms with Gasteiger partial charge in [0.2, 0.25) is 0 Å². The summed E-state index contributed by atoms with van der Waals surface area (Å²) in [7, 11) is 0. The number of benzene rings is 1. The summed E-state index contributed by atoms with van der Waals surface area (Å²) >= 11 is 0. The van der Waals surface area contributed by atoms with E-state index in [1.54, 1.807) is 12.1 Å². The molecule has 0 saturated carbocycles. The molecule has 1 aliphatic heterocycles. The standard InChI is InChI=1S/C13H18FN/c1-12(2)13(3,7-8-15-12)10-5-4-6-11(14)9-10/h4-6,9,15H,7-8H2,1-3H3. The predicted octanol–water partition coefficient (Wildman–Crippen LogP) is 2.86. The van der Waals surface area contributed by atoms with Gasteiger partial charge in [0.15, 0.2) is 0 Å². The number of hydrogen-bond donors (Lipinski definition) is 1. The number of halogens is 1. The van der Waals surface area contributed by atoms with E-state index in [0.29, 0.717) is 0 Å². The van der Waals surface area contributed by atoms with Crippen molar-refractivity contribution in [1.29, 1.82) is 0 Å². The molecule has 2 rings (SSSR count). The van der Waals surface area contributed by atoms with Crippen LogP contribution >= 0.6 is 0 Å². The van der Waals surface area contributed by atoms with Crippen molar-refractivity contribution in [3.05, 3.63) is 35.6 Å². The van der Waals surface area contributed by atoms with Crippen LogP contribution in [0.15, 0.2) is 24.3 Å². The first-order chi connectivity index (χ1) is 6.96. The van der Waals surface area contributed by atoms with Gasteiger partial charge in [-0.15, -0.1) is 0 Å². The minimum absolute atomic E-state index is 0.0229. The maximum atomic E-state index is 13.2. The van der Waals surface area contributed by atoms with Crippen molar-refractivity contribution in [3.63, 3.8) is 0 Å². The molecular formula is C13H18FN. The van der Waals surface area contributed by atoms with E-state index in [1.807, 2.05) is 6.07 Å². The molecule has 0 spiro atoms. The van der Waals surface area contributed by atoms with Gasteiger partial charge in [-0.1, -0.05) is 19.1 Å². The second-order valence-corrected chi connectivity index (χ2v) is 5.14. The minimum Gasteiger partial charge on any atom is -0.311 e. The molecule has 0 aromatic heterocycles. The first-order valence-electron chi connectivity index (χ1n) is 5.47. The van der Waals surface area contributed by atoms with Gasteiger partial charge in [-0.05, 0) is 44.5 Å². The Balaban J connectivity index is 2.45. The summed E-state index contributed by atoms with van der Waals surface area (Å²) in [6.07, 6.45) is 1.06. The highest BCUT2D eigenvalue weighted by molar-refractivity contribution is 5.31. The van der Waals surface area contributed by atoms with Crippen LogP contribution in [0.4, 0.5) is 4.39 Å². The van der Waals surface area contributed by atoms with Crippen molar-refractivity contribution in [2.24, 2.45) is 0 Å². The van der Waals surface area contributed by atoms with E-state index in [4.69, 9.17) is 0 Å². The molecule has 1 aromatic rings. The molecule has 0 bridgehead atoms. The van der Waals surface area contributed by atoms with Crippen molar-refractivity contribution in [2.75, 3.05) is 6.54 Å². The van der Waals surface area contributed by atoms with Gasteiger partial charge in [0.1, 0.15) is 5.82 Å². The van der Waals surface area contributed by atoms with E-state index in [9.17, 15) is 4.39 Å². The largest absolute Gasteiger partial charge is 0.311 e. The van der Waals surface area contributed by atoms with E-state index in [0.717, 1.165) is 18.5 Å². The van der Waals surface area contributed by atoms with Crippen molar-refractivity contribution in [1.82, 2.24) is 5.32 Å². The Morgan fingerprint density at radius 1 is 1.27 bits per heavy atom.